The van der Waals surface area contributed by atoms with E-state index in [4.69, 9.17) is 24.2 Å². The number of ether oxygens (including phenoxy) is 4. The molecule has 6 unspecified atom stereocenters. The van der Waals surface area contributed by atoms with Crippen LogP contribution in [0.3, 0.4) is 0 Å². The second-order valence-corrected chi connectivity index (χ2v) is 10.4. The molecule has 1 aromatic rings. The van der Waals surface area contributed by atoms with Crippen LogP contribution in [0.1, 0.15) is 24.0 Å². The van der Waals surface area contributed by atoms with Crippen LogP contribution in [-0.2, 0) is 49.5 Å². The Hall–Kier alpha value is -3.57. The number of hydrogen-bond donors (Lipinski definition) is 3. The van der Waals surface area contributed by atoms with Gasteiger partial charge in [0.15, 0.2) is 12.6 Å². The van der Waals surface area contributed by atoms with E-state index in [0.717, 1.165) is 6.08 Å². The molecule has 0 aromatic heterocycles. The average Bonchev–Trinajstić information content (AvgIpc) is 3.59. The van der Waals surface area contributed by atoms with Crippen LogP contribution in [0, 0.1) is 5.41 Å². The lowest BCUT2D eigenvalue weighted by molar-refractivity contribution is -0.201. The number of benzene rings is 1. The highest BCUT2D eigenvalue weighted by atomic mass is 19.4. The van der Waals surface area contributed by atoms with Crippen molar-refractivity contribution in [1.82, 2.24) is 15.7 Å². The fourth-order valence-electron chi connectivity index (χ4n) is 5.94. The third kappa shape index (κ3) is 6.38. The molecule has 6 atom stereocenters. The third-order valence-corrected chi connectivity index (χ3v) is 7.72. The lowest BCUT2D eigenvalue weighted by atomic mass is 9.62. The van der Waals surface area contributed by atoms with E-state index in [1.54, 1.807) is 24.3 Å². The zero-order valence-electron chi connectivity index (χ0n) is 22.7. The first-order chi connectivity index (χ1) is 20.5. The Kier molecular flexibility index (Phi) is 9.03. The highest BCUT2D eigenvalue weighted by molar-refractivity contribution is 5.94. The van der Waals surface area contributed by atoms with Gasteiger partial charge in [-0.1, -0.05) is 24.3 Å². The van der Waals surface area contributed by atoms with Crippen LogP contribution in [0.15, 0.2) is 30.3 Å². The number of carbonyl (C=O) groups is 4. The second-order valence-electron chi connectivity index (χ2n) is 10.4. The Bertz CT molecular complexity index is 1280. The number of esters is 2. The van der Waals surface area contributed by atoms with Gasteiger partial charge in [-0.15, -0.1) is 0 Å². The van der Waals surface area contributed by atoms with Gasteiger partial charge in [0.1, 0.15) is 36.6 Å². The molecule has 1 aromatic carbocycles. The predicted molar refractivity (Wildman–Crippen MR) is 136 cm³/mol. The van der Waals surface area contributed by atoms with Crippen LogP contribution in [0.4, 0.5) is 13.2 Å². The molecule has 1 saturated carbocycles. The number of alkyl halides is 3. The number of fused-ring (bicyclic) bond motifs is 4. The lowest BCUT2D eigenvalue weighted by Crippen LogP contribution is -2.69. The molecule has 2 amide bonds. The zero-order chi connectivity index (χ0) is 30.8. The first-order valence-corrected chi connectivity index (χ1v) is 13.6. The summed E-state index contributed by atoms with van der Waals surface area (Å²) in [6, 6.07) is 5.39. The van der Waals surface area contributed by atoms with Crippen molar-refractivity contribution in [2.75, 3.05) is 33.1 Å². The number of aliphatic hydroxyl groups is 1. The highest BCUT2D eigenvalue weighted by Crippen LogP contribution is 2.55. The van der Waals surface area contributed by atoms with Gasteiger partial charge in [0.2, 0.25) is 11.8 Å². The molecule has 4 fully saturated rings. The summed E-state index contributed by atoms with van der Waals surface area (Å²) >= 11 is 0. The maximum absolute atomic E-state index is 13.9. The summed E-state index contributed by atoms with van der Waals surface area (Å²) in [4.78, 5) is 57.4. The normalized spacial score (nSPS) is 29.7. The number of aliphatic hydroxyl groups excluding tert-OH is 1. The third-order valence-electron chi connectivity index (χ3n) is 7.72. The summed E-state index contributed by atoms with van der Waals surface area (Å²) in [6.45, 7) is -2.09. The Labute approximate surface area is 243 Å². The fourth-order valence-corrected chi connectivity index (χ4v) is 5.94. The minimum Gasteiger partial charge on any atom is -0.458 e. The van der Waals surface area contributed by atoms with Gasteiger partial charge in [0.05, 0.1) is 13.2 Å². The van der Waals surface area contributed by atoms with Crippen molar-refractivity contribution in [3.63, 3.8) is 0 Å². The molecule has 43 heavy (non-hydrogen) atoms. The molecule has 13 nitrogen and oxygen atoms in total. The van der Waals surface area contributed by atoms with Crippen LogP contribution >= 0.6 is 0 Å². The zero-order valence-corrected chi connectivity index (χ0v) is 22.7. The minimum atomic E-state index is -4.67. The van der Waals surface area contributed by atoms with Gasteiger partial charge in [-0.2, -0.15) is 18.2 Å². The van der Waals surface area contributed by atoms with Crippen molar-refractivity contribution in [2.24, 2.45) is 5.41 Å². The maximum atomic E-state index is 13.9. The topological polar surface area (TPSA) is 162 Å². The molecule has 4 aliphatic rings. The summed E-state index contributed by atoms with van der Waals surface area (Å²) in [5.74, 6) is -2.82. The molecule has 16 heteroatoms. The number of hydroxylamine groups is 2. The van der Waals surface area contributed by atoms with E-state index < -0.39 is 66.5 Å². The Morgan fingerprint density at radius 2 is 1.91 bits per heavy atom. The van der Waals surface area contributed by atoms with E-state index in [2.05, 4.69) is 15.4 Å². The van der Waals surface area contributed by atoms with Gasteiger partial charge in [-0.3, -0.25) is 19.2 Å². The number of amides is 2. The maximum Gasteiger partial charge on any atom is 0.422 e. The number of nitrogens with one attached hydrogen (secondary N) is 2. The SMILES string of the molecule is O=C(CCNC(=O)C12CC3OC(=O)C1N(Cc1ccccc1C=CC(=O)OCC(F)(F)F)OC2C1OCOC31)NCCO. The second kappa shape index (κ2) is 12.6. The number of carbonyl (C=O) groups excluding carboxylic acids is 4. The molecular weight excluding hydrogens is 583 g/mol. The summed E-state index contributed by atoms with van der Waals surface area (Å²) in [6.07, 6.45) is -5.63. The average molecular weight is 614 g/mol. The monoisotopic (exact) mass is 613 g/mol. The van der Waals surface area contributed by atoms with Gasteiger partial charge in [-0.25, -0.2) is 4.79 Å². The molecule has 3 N–H and O–H groups in total. The predicted octanol–water partition coefficient (Wildman–Crippen LogP) is -0.0385. The largest absolute Gasteiger partial charge is 0.458 e. The van der Waals surface area contributed by atoms with Gasteiger partial charge in [-0.05, 0) is 17.2 Å². The number of rotatable bonds is 11. The molecule has 234 valence electrons. The van der Waals surface area contributed by atoms with Crippen molar-refractivity contribution < 1.29 is 61.2 Å². The molecule has 1 aliphatic carbocycles. The van der Waals surface area contributed by atoms with E-state index in [9.17, 15) is 32.3 Å². The Balaban J connectivity index is 1.37. The van der Waals surface area contributed by atoms with Crippen LogP contribution in [-0.4, -0.2) is 104 Å². The number of hydrogen-bond acceptors (Lipinski definition) is 11. The molecule has 5 rings (SSSR count). The fraction of sp³-hybridized carbons (Fsp3) is 0.556. The first-order valence-electron chi connectivity index (χ1n) is 13.6. The van der Waals surface area contributed by atoms with E-state index in [1.807, 2.05) is 0 Å². The van der Waals surface area contributed by atoms with Crippen LogP contribution in [0.2, 0.25) is 0 Å². The summed E-state index contributed by atoms with van der Waals surface area (Å²) in [5, 5.41) is 15.4. The molecule has 2 bridgehead atoms. The van der Waals surface area contributed by atoms with Crippen molar-refractivity contribution in [3.05, 3.63) is 41.5 Å². The first kappa shape index (κ1) is 30.9. The van der Waals surface area contributed by atoms with Crippen molar-refractivity contribution in [2.45, 2.75) is 56.0 Å². The smallest absolute Gasteiger partial charge is 0.422 e. The van der Waals surface area contributed by atoms with Gasteiger partial charge in [0.25, 0.3) is 0 Å². The van der Waals surface area contributed by atoms with Gasteiger partial charge >= 0.3 is 18.1 Å². The molecule has 0 radical (unpaired) electrons. The van der Waals surface area contributed by atoms with Crippen molar-refractivity contribution in [1.29, 1.82) is 0 Å². The van der Waals surface area contributed by atoms with E-state index in [0.29, 0.717) is 11.1 Å². The lowest BCUT2D eigenvalue weighted by Gasteiger charge is -2.48. The van der Waals surface area contributed by atoms with Gasteiger partial charge < -0.3 is 34.7 Å². The highest BCUT2D eigenvalue weighted by Gasteiger charge is 2.74. The number of nitrogens with zero attached hydrogens (tertiary/aromatic N) is 1. The van der Waals surface area contributed by atoms with Crippen LogP contribution in [0.25, 0.3) is 6.08 Å². The van der Waals surface area contributed by atoms with Crippen molar-refractivity contribution in [3.8, 4) is 0 Å². The summed E-state index contributed by atoms with van der Waals surface area (Å²) < 4.78 is 58.5. The summed E-state index contributed by atoms with van der Waals surface area (Å²) in [5.41, 5.74) is -0.507. The van der Waals surface area contributed by atoms with Crippen LogP contribution < -0.4 is 10.6 Å². The van der Waals surface area contributed by atoms with E-state index in [-0.39, 0.29) is 51.8 Å². The van der Waals surface area contributed by atoms with Gasteiger partial charge in [0, 0.05) is 32.0 Å². The van der Waals surface area contributed by atoms with E-state index in [1.165, 1.54) is 11.1 Å². The molecule has 3 heterocycles. The van der Waals surface area contributed by atoms with Crippen LogP contribution in [0.5, 0.6) is 0 Å². The molecular formula is C27H30F3N3O10. The molecule has 0 spiro atoms. The quantitative estimate of drug-likeness (QED) is 0.227. The van der Waals surface area contributed by atoms with E-state index >= 15 is 0 Å². The molecule has 3 saturated heterocycles. The molecule has 3 aliphatic heterocycles. The van der Waals surface area contributed by atoms with Crippen molar-refractivity contribution >= 4 is 29.8 Å². The minimum absolute atomic E-state index is 0.0412. The number of halogens is 3. The Morgan fingerprint density at radius 1 is 1.14 bits per heavy atom. The standard InChI is InChI=1S/C27H30F3N3O10/c28-27(29,30)13-39-19(36)6-5-15-3-1-2-4-16(15)12-33-22-24(37)42-17-11-26(22,23(43-33)21-20(17)40-14-41-21)25(38)32-8-7-18(35)31-9-10-34/h1-6,17,20-23,34H,7-14H2,(H,31,35)(H,32,38). The summed E-state index contributed by atoms with van der Waals surface area (Å²) in [7, 11) is 0. The Morgan fingerprint density at radius 3 is 2.67 bits per heavy atom.